The standard InChI is InChI=1S/C39H66N2O7/c1-5-6-7-8-9-25-22-48-34(23(25)2)35(45)37(4,46)32-14-17-39(47)27-18-29(42)28-19-30(43)31(44)20-38(28,26(27)13-15-36(32,39)3)16-12-24-10-11-33(40)41-21-24/h18,23-26,28,30-35,41,43-47H,5-17,19-22,40H2,1-4H3. The van der Waals surface area contributed by atoms with Crippen LogP contribution in [0, 0.1) is 46.3 Å². The molecule has 0 bridgehead atoms. The number of hydrogen-bond acceptors (Lipinski definition) is 9. The van der Waals surface area contributed by atoms with E-state index in [1.807, 2.05) is 0 Å². The molecule has 0 radical (unpaired) electrons. The van der Waals surface area contributed by atoms with E-state index in [-0.39, 0.29) is 30.2 Å². The number of aliphatic hydroxyl groups is 5. The van der Waals surface area contributed by atoms with E-state index in [0.717, 1.165) is 57.1 Å². The quantitative estimate of drug-likeness (QED) is 0.161. The van der Waals surface area contributed by atoms with Crippen LogP contribution >= 0.6 is 0 Å². The Hall–Kier alpha value is -0.910. The number of unbranched alkanes of at least 4 members (excludes halogenated alkanes) is 3. The lowest BCUT2D eigenvalue weighted by atomic mass is 9.44. The van der Waals surface area contributed by atoms with Crippen LogP contribution in [0.4, 0.5) is 0 Å². The van der Waals surface area contributed by atoms with Gasteiger partial charge >= 0.3 is 0 Å². The highest BCUT2D eigenvalue weighted by Crippen LogP contribution is 2.69. The largest absolute Gasteiger partial charge is 0.390 e. The summed E-state index contributed by atoms with van der Waals surface area (Å²) in [6.07, 6.45) is 10.6. The van der Waals surface area contributed by atoms with Gasteiger partial charge in [0.15, 0.2) is 5.78 Å². The van der Waals surface area contributed by atoms with Gasteiger partial charge in [-0.15, -0.1) is 0 Å². The Balaban J connectivity index is 1.24. The van der Waals surface area contributed by atoms with E-state index in [2.05, 4.69) is 26.1 Å². The molecule has 0 aromatic rings. The van der Waals surface area contributed by atoms with Crippen LogP contribution in [0.25, 0.3) is 0 Å². The summed E-state index contributed by atoms with van der Waals surface area (Å²) in [5, 5.41) is 62.3. The Morgan fingerprint density at radius 2 is 1.85 bits per heavy atom. The van der Waals surface area contributed by atoms with E-state index < -0.39 is 58.3 Å². The van der Waals surface area contributed by atoms with Gasteiger partial charge in [0.2, 0.25) is 0 Å². The zero-order valence-electron chi connectivity index (χ0n) is 30.1. The molecule has 5 fully saturated rings. The number of fused-ring (bicyclic) bond motifs is 5. The topological polar surface area (TPSA) is 166 Å². The summed E-state index contributed by atoms with van der Waals surface area (Å²) in [6.45, 7) is 9.57. The smallest absolute Gasteiger partial charge is 0.159 e. The Bertz CT molecular complexity index is 1190. The van der Waals surface area contributed by atoms with Crippen LogP contribution in [0.5, 0.6) is 0 Å². The summed E-state index contributed by atoms with van der Waals surface area (Å²) < 4.78 is 6.23. The Morgan fingerprint density at radius 1 is 1.08 bits per heavy atom. The summed E-state index contributed by atoms with van der Waals surface area (Å²) in [5.74, 6) is -0.0383. The molecule has 9 heteroatoms. The van der Waals surface area contributed by atoms with E-state index in [9.17, 15) is 30.3 Å². The van der Waals surface area contributed by atoms with Gasteiger partial charge in [0.05, 0.1) is 42.3 Å². The lowest BCUT2D eigenvalue weighted by Crippen LogP contribution is -2.64. The van der Waals surface area contributed by atoms with Crippen molar-refractivity contribution >= 4 is 5.78 Å². The summed E-state index contributed by atoms with van der Waals surface area (Å²) in [5.41, 5.74) is 2.74. The van der Waals surface area contributed by atoms with Crippen molar-refractivity contribution in [2.45, 2.75) is 166 Å². The van der Waals surface area contributed by atoms with Crippen LogP contribution in [-0.4, -0.2) is 86.3 Å². The molecule has 4 aliphatic carbocycles. The first-order valence-electron chi connectivity index (χ1n) is 19.5. The highest BCUT2D eigenvalue weighted by molar-refractivity contribution is 5.95. The van der Waals surface area contributed by atoms with Gasteiger partial charge in [0.1, 0.15) is 6.10 Å². The maximum Gasteiger partial charge on any atom is 0.159 e. The van der Waals surface area contributed by atoms with E-state index in [1.165, 1.54) is 19.3 Å². The number of nitrogens with one attached hydrogen (secondary N) is 1. The van der Waals surface area contributed by atoms with Crippen molar-refractivity contribution in [2.75, 3.05) is 13.2 Å². The minimum atomic E-state index is -1.50. The number of carbonyl (C=O) groups excluding carboxylic acids is 1. The number of rotatable bonds is 11. The first kappa shape index (κ1) is 36.9. The lowest BCUT2D eigenvalue weighted by molar-refractivity contribution is -0.196. The number of nitrogens with two attached hydrogens (primary N) is 1. The van der Waals surface area contributed by atoms with Crippen molar-refractivity contribution in [3.05, 3.63) is 11.6 Å². The van der Waals surface area contributed by atoms with Gasteiger partial charge in [-0.1, -0.05) is 46.5 Å². The second-order valence-electron chi connectivity index (χ2n) is 17.8. The molecule has 0 aromatic carbocycles. The second kappa shape index (κ2) is 13.9. The predicted molar refractivity (Wildman–Crippen MR) is 184 cm³/mol. The summed E-state index contributed by atoms with van der Waals surface area (Å²) >= 11 is 0. The predicted octanol–water partition coefficient (Wildman–Crippen LogP) is 3.97. The Morgan fingerprint density at radius 3 is 2.56 bits per heavy atom. The first-order chi connectivity index (χ1) is 22.7. The van der Waals surface area contributed by atoms with Crippen molar-refractivity contribution in [3.63, 3.8) is 0 Å². The fraction of sp³-hybridized carbons (Fsp3) is 0.923. The number of piperidine rings is 1. The minimum absolute atomic E-state index is 0.0151. The third kappa shape index (κ3) is 6.08. The third-order valence-corrected chi connectivity index (χ3v) is 15.2. The van der Waals surface area contributed by atoms with Gasteiger partial charge in [-0.2, -0.15) is 0 Å². The third-order valence-electron chi connectivity index (χ3n) is 15.2. The van der Waals surface area contributed by atoms with Crippen LogP contribution in [0.3, 0.4) is 0 Å². The van der Waals surface area contributed by atoms with Gasteiger partial charge in [-0.3, -0.25) is 4.79 Å². The molecule has 9 nitrogen and oxygen atoms in total. The molecule has 6 aliphatic rings. The number of allylic oxidation sites excluding steroid dienone is 1. The molecule has 0 amide bonds. The van der Waals surface area contributed by atoms with E-state index in [1.54, 1.807) is 13.0 Å². The number of hydrogen-bond donors (Lipinski definition) is 7. The molecule has 15 unspecified atom stereocenters. The minimum Gasteiger partial charge on any atom is -0.390 e. The molecular weight excluding hydrogens is 608 g/mol. The van der Waals surface area contributed by atoms with Gasteiger partial charge in [0.25, 0.3) is 0 Å². The van der Waals surface area contributed by atoms with Crippen LogP contribution in [-0.2, 0) is 9.53 Å². The molecule has 6 rings (SSSR count). The van der Waals surface area contributed by atoms with Gasteiger partial charge in [-0.25, -0.2) is 0 Å². The Kier molecular flexibility index (Phi) is 10.7. The van der Waals surface area contributed by atoms with Gasteiger partial charge in [-0.05, 0) is 131 Å². The molecule has 8 N–H and O–H groups in total. The second-order valence-corrected chi connectivity index (χ2v) is 17.8. The van der Waals surface area contributed by atoms with Crippen molar-refractivity contribution in [1.29, 1.82) is 0 Å². The molecule has 274 valence electrons. The molecule has 0 spiro atoms. The summed E-state index contributed by atoms with van der Waals surface area (Å²) in [6, 6.07) is 0. The van der Waals surface area contributed by atoms with Crippen molar-refractivity contribution in [3.8, 4) is 0 Å². The molecule has 48 heavy (non-hydrogen) atoms. The van der Waals surface area contributed by atoms with Gasteiger partial charge in [0, 0.05) is 11.3 Å². The summed E-state index contributed by atoms with van der Waals surface area (Å²) in [7, 11) is 0. The fourth-order valence-electron chi connectivity index (χ4n) is 12.1. The molecule has 3 saturated carbocycles. The number of ether oxygens (including phenoxy) is 1. The number of aliphatic hydroxyl groups excluding tert-OH is 3. The van der Waals surface area contributed by atoms with Crippen LogP contribution in [0.15, 0.2) is 11.6 Å². The normalized spacial score (nSPS) is 47.9. The maximum atomic E-state index is 14.1. The fourth-order valence-corrected chi connectivity index (χ4v) is 12.1. The Labute approximate surface area is 288 Å². The number of carbonyl (C=O) groups is 1. The van der Waals surface area contributed by atoms with Crippen molar-refractivity contribution < 1.29 is 35.1 Å². The van der Waals surface area contributed by atoms with Crippen LogP contribution in [0.1, 0.15) is 124 Å². The zero-order valence-corrected chi connectivity index (χ0v) is 30.1. The van der Waals surface area contributed by atoms with Crippen LogP contribution < -0.4 is 11.1 Å². The highest BCUT2D eigenvalue weighted by Gasteiger charge is 2.70. The average Bonchev–Trinajstić information content (AvgIpc) is 3.56. The molecular formula is C39H66N2O7. The SMILES string of the molecule is CCCCCCC1COC(C(O)C(C)(O)C2CCC3(O)C4=CC(=O)C5CC(O)C(O)CC5(CCC5CCC(N)NC5)C4CCC23C)C1C. The van der Waals surface area contributed by atoms with Crippen LogP contribution in [0.2, 0.25) is 0 Å². The maximum absolute atomic E-state index is 14.1. The monoisotopic (exact) mass is 674 g/mol. The molecule has 2 heterocycles. The lowest BCUT2D eigenvalue weighted by Gasteiger charge is -2.62. The molecule has 2 aliphatic heterocycles. The van der Waals surface area contributed by atoms with Gasteiger partial charge < -0.3 is 41.3 Å². The molecule has 15 atom stereocenters. The van der Waals surface area contributed by atoms with Crippen molar-refractivity contribution in [1.82, 2.24) is 5.32 Å². The first-order valence-corrected chi connectivity index (χ1v) is 19.5. The van der Waals surface area contributed by atoms with Crippen molar-refractivity contribution in [2.24, 2.45) is 52.1 Å². The van der Waals surface area contributed by atoms with E-state index in [4.69, 9.17) is 10.5 Å². The molecule has 0 aromatic heterocycles. The number of ketones is 1. The van der Waals surface area contributed by atoms with E-state index in [0.29, 0.717) is 44.1 Å². The zero-order chi connectivity index (χ0) is 34.6. The van der Waals surface area contributed by atoms with E-state index >= 15 is 0 Å². The summed E-state index contributed by atoms with van der Waals surface area (Å²) in [4.78, 5) is 14.1. The molecule has 2 saturated heterocycles. The average molecular weight is 675 g/mol. The highest BCUT2D eigenvalue weighted by atomic mass is 16.5.